The van der Waals surface area contributed by atoms with Gasteiger partial charge < -0.3 is 10.2 Å². The van der Waals surface area contributed by atoms with Crippen molar-refractivity contribution in [3.63, 3.8) is 0 Å². The molecule has 2 aromatic rings. The molecule has 1 saturated heterocycles. The molecule has 2 amide bonds. The van der Waals surface area contributed by atoms with Gasteiger partial charge in [0.2, 0.25) is 11.8 Å². The molecule has 1 atom stereocenters. The summed E-state index contributed by atoms with van der Waals surface area (Å²) >= 11 is 6.34. The third-order valence-corrected chi connectivity index (χ3v) is 4.81. The molecule has 0 radical (unpaired) electrons. The van der Waals surface area contributed by atoms with E-state index in [1.807, 2.05) is 37.3 Å². The number of hydrogen-bond donors (Lipinski definition) is 1. The van der Waals surface area contributed by atoms with Crippen molar-refractivity contribution in [1.29, 1.82) is 0 Å². The molecule has 1 aliphatic heterocycles. The minimum atomic E-state index is -0.209. The van der Waals surface area contributed by atoms with Crippen LogP contribution in [0.5, 0.6) is 0 Å². The van der Waals surface area contributed by atoms with E-state index in [0.29, 0.717) is 35.8 Å². The van der Waals surface area contributed by atoms with E-state index in [1.165, 1.54) is 0 Å². The van der Waals surface area contributed by atoms with Gasteiger partial charge in [0.1, 0.15) is 0 Å². The molecule has 1 heterocycles. The quantitative estimate of drug-likeness (QED) is 0.851. The zero-order valence-electron chi connectivity index (χ0n) is 14.2. The molecule has 1 N–H and O–H groups in total. The fourth-order valence-corrected chi connectivity index (χ4v) is 3.48. The second-order valence-corrected chi connectivity index (χ2v) is 6.58. The first-order valence-corrected chi connectivity index (χ1v) is 8.93. The summed E-state index contributed by atoms with van der Waals surface area (Å²) in [6.07, 6.45) is 2.12. The maximum absolute atomic E-state index is 12.6. The number of halogens is 1. The van der Waals surface area contributed by atoms with Gasteiger partial charge in [-0.15, -0.1) is 0 Å². The Balaban J connectivity index is 1.75. The lowest BCUT2D eigenvalue weighted by atomic mass is 9.95. The topological polar surface area (TPSA) is 49.4 Å². The second-order valence-electron chi connectivity index (χ2n) is 6.18. The van der Waals surface area contributed by atoms with Gasteiger partial charge in [-0.25, -0.2) is 0 Å². The largest absolute Gasteiger partial charge is 0.326 e. The molecular formula is C20H21ClN2O2. The predicted molar refractivity (Wildman–Crippen MR) is 101 cm³/mol. The van der Waals surface area contributed by atoms with Crippen molar-refractivity contribution < 1.29 is 9.59 Å². The number of benzene rings is 2. The average Bonchev–Trinajstić information content (AvgIpc) is 3.02. The molecule has 1 unspecified atom stereocenters. The first kappa shape index (κ1) is 17.5. The summed E-state index contributed by atoms with van der Waals surface area (Å²) in [4.78, 5) is 26.2. The minimum Gasteiger partial charge on any atom is -0.326 e. The molecule has 0 spiro atoms. The zero-order valence-corrected chi connectivity index (χ0v) is 14.9. The number of rotatable bonds is 5. The molecular weight excluding hydrogens is 336 g/mol. The monoisotopic (exact) mass is 356 g/mol. The van der Waals surface area contributed by atoms with Crippen molar-refractivity contribution in [3.8, 4) is 0 Å². The first-order valence-electron chi connectivity index (χ1n) is 8.56. The van der Waals surface area contributed by atoms with Crippen molar-refractivity contribution in [2.24, 2.45) is 0 Å². The standard InChI is InChI=1S/C20H21ClN2O2/c1-2-16(14-7-4-3-5-8-14)20(25)22-15-10-11-18(17(21)13-15)23-12-6-9-19(23)24/h3-5,7-8,10-11,13,16H,2,6,9,12H2,1H3,(H,22,25). The fourth-order valence-electron chi connectivity index (χ4n) is 3.19. The maximum Gasteiger partial charge on any atom is 0.231 e. The Hall–Kier alpha value is -2.33. The fraction of sp³-hybridized carbons (Fsp3) is 0.300. The number of anilines is 2. The van der Waals surface area contributed by atoms with Gasteiger partial charge in [-0.1, -0.05) is 48.9 Å². The Bertz CT molecular complexity index is 777. The summed E-state index contributed by atoms with van der Waals surface area (Å²) in [7, 11) is 0. The van der Waals surface area contributed by atoms with Crippen LogP contribution in [0.15, 0.2) is 48.5 Å². The van der Waals surface area contributed by atoms with Crippen LogP contribution in [0.2, 0.25) is 5.02 Å². The van der Waals surface area contributed by atoms with Crippen LogP contribution in [-0.4, -0.2) is 18.4 Å². The zero-order chi connectivity index (χ0) is 17.8. The van der Waals surface area contributed by atoms with Gasteiger partial charge in [0.15, 0.2) is 0 Å². The maximum atomic E-state index is 12.6. The summed E-state index contributed by atoms with van der Waals surface area (Å²) in [6, 6.07) is 15.0. The smallest absolute Gasteiger partial charge is 0.231 e. The summed E-state index contributed by atoms with van der Waals surface area (Å²) in [5.74, 6) is -0.177. The SMILES string of the molecule is CCC(C(=O)Nc1ccc(N2CCCC2=O)c(Cl)c1)c1ccccc1. The third kappa shape index (κ3) is 3.85. The summed E-state index contributed by atoms with van der Waals surface area (Å²) in [5, 5.41) is 3.41. The molecule has 4 nitrogen and oxygen atoms in total. The highest BCUT2D eigenvalue weighted by molar-refractivity contribution is 6.34. The van der Waals surface area contributed by atoms with Crippen molar-refractivity contribution in [1.82, 2.24) is 0 Å². The van der Waals surface area contributed by atoms with Crippen molar-refractivity contribution in [3.05, 3.63) is 59.1 Å². The van der Waals surface area contributed by atoms with Gasteiger partial charge >= 0.3 is 0 Å². The predicted octanol–water partition coefficient (Wildman–Crippen LogP) is 4.60. The average molecular weight is 357 g/mol. The van der Waals surface area contributed by atoms with Crippen molar-refractivity contribution >= 4 is 34.8 Å². The van der Waals surface area contributed by atoms with Gasteiger partial charge in [0, 0.05) is 18.7 Å². The summed E-state index contributed by atoms with van der Waals surface area (Å²) in [6.45, 7) is 2.68. The van der Waals surface area contributed by atoms with Gasteiger partial charge in [-0.05, 0) is 36.6 Å². The van der Waals surface area contributed by atoms with Crippen molar-refractivity contribution in [2.45, 2.75) is 32.1 Å². The molecule has 0 bridgehead atoms. The number of carbonyl (C=O) groups excluding carboxylic acids is 2. The minimum absolute atomic E-state index is 0.0604. The van der Waals surface area contributed by atoms with E-state index in [0.717, 1.165) is 12.0 Å². The molecule has 3 rings (SSSR count). The van der Waals surface area contributed by atoms with Crippen LogP contribution >= 0.6 is 11.6 Å². The highest BCUT2D eigenvalue weighted by Crippen LogP contribution is 2.32. The Morgan fingerprint density at radius 1 is 1.24 bits per heavy atom. The van der Waals surface area contributed by atoms with Gasteiger partial charge in [0.25, 0.3) is 0 Å². The number of nitrogens with zero attached hydrogens (tertiary/aromatic N) is 1. The molecule has 0 aromatic heterocycles. The van der Waals surface area contributed by atoms with Crippen molar-refractivity contribution in [2.75, 3.05) is 16.8 Å². The molecule has 25 heavy (non-hydrogen) atoms. The molecule has 2 aromatic carbocycles. The van der Waals surface area contributed by atoms with E-state index >= 15 is 0 Å². The van der Waals surface area contributed by atoms with Crippen LogP contribution in [0.1, 0.15) is 37.7 Å². The summed E-state index contributed by atoms with van der Waals surface area (Å²) < 4.78 is 0. The van der Waals surface area contributed by atoms with E-state index < -0.39 is 0 Å². The van der Waals surface area contributed by atoms with E-state index in [9.17, 15) is 9.59 Å². The molecule has 5 heteroatoms. The van der Waals surface area contributed by atoms with Crippen LogP contribution in [0, 0.1) is 0 Å². The van der Waals surface area contributed by atoms with E-state index in [4.69, 9.17) is 11.6 Å². The highest BCUT2D eigenvalue weighted by atomic mass is 35.5. The van der Waals surface area contributed by atoms with Gasteiger partial charge in [-0.2, -0.15) is 0 Å². The molecule has 0 aliphatic carbocycles. The lowest BCUT2D eigenvalue weighted by Crippen LogP contribution is -2.24. The van der Waals surface area contributed by atoms with Gasteiger partial charge in [-0.3, -0.25) is 9.59 Å². The first-order chi connectivity index (χ1) is 12.1. The van der Waals surface area contributed by atoms with Crippen LogP contribution in [-0.2, 0) is 9.59 Å². The normalized spacial score (nSPS) is 15.3. The molecule has 130 valence electrons. The van der Waals surface area contributed by atoms with E-state index in [2.05, 4.69) is 5.32 Å². The number of nitrogens with one attached hydrogen (secondary N) is 1. The van der Waals surface area contributed by atoms with Gasteiger partial charge in [0.05, 0.1) is 16.6 Å². The van der Waals surface area contributed by atoms with E-state index in [1.54, 1.807) is 23.1 Å². The summed E-state index contributed by atoms with van der Waals surface area (Å²) in [5.41, 5.74) is 2.34. The van der Waals surface area contributed by atoms with Crippen LogP contribution in [0.25, 0.3) is 0 Å². The highest BCUT2D eigenvalue weighted by Gasteiger charge is 2.24. The Morgan fingerprint density at radius 2 is 2.00 bits per heavy atom. The molecule has 0 saturated carbocycles. The third-order valence-electron chi connectivity index (χ3n) is 4.51. The van der Waals surface area contributed by atoms with Crippen LogP contribution in [0.4, 0.5) is 11.4 Å². The molecule has 1 fully saturated rings. The number of amides is 2. The Morgan fingerprint density at radius 3 is 2.60 bits per heavy atom. The second kappa shape index (κ2) is 7.70. The lowest BCUT2D eigenvalue weighted by molar-refractivity contribution is -0.118. The van der Waals surface area contributed by atoms with Crippen LogP contribution in [0.3, 0.4) is 0 Å². The molecule has 1 aliphatic rings. The Kier molecular flexibility index (Phi) is 5.39. The number of hydrogen-bond acceptors (Lipinski definition) is 2. The Labute approximate surface area is 152 Å². The van der Waals surface area contributed by atoms with Crippen LogP contribution < -0.4 is 10.2 Å². The van der Waals surface area contributed by atoms with E-state index in [-0.39, 0.29) is 17.7 Å². The number of carbonyl (C=O) groups is 2. The lowest BCUT2D eigenvalue weighted by Gasteiger charge is -2.19.